The van der Waals surface area contributed by atoms with E-state index in [-0.39, 0.29) is 5.02 Å². The molecule has 9 heteroatoms. The lowest BCUT2D eigenvalue weighted by molar-refractivity contribution is -0.137. The summed E-state index contributed by atoms with van der Waals surface area (Å²) in [5.41, 5.74) is 1.02. The van der Waals surface area contributed by atoms with Gasteiger partial charge >= 0.3 is 12.1 Å². The molecule has 1 N–H and O–H groups in total. The quantitative estimate of drug-likeness (QED) is 0.523. The van der Waals surface area contributed by atoms with Gasteiger partial charge in [-0.1, -0.05) is 29.3 Å². The summed E-state index contributed by atoms with van der Waals surface area (Å²) in [6.45, 7) is 0. The van der Waals surface area contributed by atoms with Gasteiger partial charge in [-0.25, -0.2) is 9.48 Å². The molecular weight excluding hydrogens is 416 g/mol. The molecule has 0 saturated carbocycles. The molecule has 3 aromatic rings. The molecular formula is C19H11Cl2F3N2O2. The van der Waals surface area contributed by atoms with Crippen molar-refractivity contribution in [3.05, 3.63) is 75.9 Å². The van der Waals surface area contributed by atoms with E-state index in [1.54, 1.807) is 18.2 Å². The van der Waals surface area contributed by atoms with Gasteiger partial charge in [0.15, 0.2) is 0 Å². The Kier molecular flexibility index (Phi) is 5.49. The van der Waals surface area contributed by atoms with E-state index in [1.165, 1.54) is 29.1 Å². The topological polar surface area (TPSA) is 55.1 Å². The van der Waals surface area contributed by atoms with E-state index >= 15 is 0 Å². The number of carbonyl (C=O) groups is 1. The predicted octanol–water partition coefficient (Wildman–Crippen LogP) is 5.96. The maximum atomic E-state index is 12.7. The zero-order chi connectivity index (χ0) is 20.5. The fourth-order valence-corrected chi connectivity index (χ4v) is 2.77. The van der Waals surface area contributed by atoms with Gasteiger partial charge in [-0.05, 0) is 42.5 Å². The number of carboxylic acids is 1. The van der Waals surface area contributed by atoms with Gasteiger partial charge in [-0.15, -0.1) is 0 Å². The summed E-state index contributed by atoms with van der Waals surface area (Å²) >= 11 is 12.0. The first-order valence-electron chi connectivity index (χ1n) is 7.79. The number of nitrogens with zero attached hydrogens (tertiary/aromatic N) is 2. The lowest BCUT2D eigenvalue weighted by Crippen LogP contribution is -2.05. The van der Waals surface area contributed by atoms with Crippen LogP contribution in [0, 0.1) is 0 Å². The summed E-state index contributed by atoms with van der Waals surface area (Å²) in [6.07, 6.45) is -0.647. The van der Waals surface area contributed by atoms with Gasteiger partial charge in [0, 0.05) is 23.4 Å². The number of rotatable bonds is 4. The molecule has 0 aliphatic heterocycles. The fraction of sp³-hybridized carbons (Fsp3) is 0.0526. The van der Waals surface area contributed by atoms with Crippen molar-refractivity contribution in [2.75, 3.05) is 0 Å². The number of hydrogen-bond acceptors (Lipinski definition) is 2. The summed E-state index contributed by atoms with van der Waals surface area (Å²) in [6, 6.07) is 9.25. The van der Waals surface area contributed by atoms with Crippen LogP contribution in [0.4, 0.5) is 13.2 Å². The van der Waals surface area contributed by atoms with Gasteiger partial charge in [0.25, 0.3) is 0 Å². The standard InChI is InChI=1S/C19H11Cl2F3N2O2/c20-15-7-1-11(9-16(15)21)18-12(2-8-17(27)28)10-26(25-18)14-5-3-13(4-6-14)19(22,23)24/h1-10H,(H,27,28)/b8-2+. The molecule has 0 atom stereocenters. The molecule has 28 heavy (non-hydrogen) atoms. The van der Waals surface area contributed by atoms with E-state index in [0.29, 0.717) is 27.5 Å². The molecule has 0 fully saturated rings. The van der Waals surface area contributed by atoms with Crippen molar-refractivity contribution in [3.63, 3.8) is 0 Å². The highest BCUT2D eigenvalue weighted by Gasteiger charge is 2.30. The smallest absolute Gasteiger partial charge is 0.416 e. The van der Waals surface area contributed by atoms with E-state index in [0.717, 1.165) is 18.2 Å². The van der Waals surface area contributed by atoms with Gasteiger partial charge in [0.2, 0.25) is 0 Å². The number of alkyl halides is 3. The van der Waals surface area contributed by atoms with Crippen molar-refractivity contribution in [1.29, 1.82) is 0 Å². The molecule has 144 valence electrons. The Bertz CT molecular complexity index is 1060. The molecule has 0 spiro atoms. The second-order valence-corrected chi connectivity index (χ2v) is 6.54. The average molecular weight is 427 g/mol. The Labute approximate surface area is 167 Å². The maximum absolute atomic E-state index is 12.7. The predicted molar refractivity (Wildman–Crippen MR) is 101 cm³/mol. The van der Waals surface area contributed by atoms with E-state index in [1.807, 2.05) is 0 Å². The third kappa shape index (κ3) is 4.37. The highest BCUT2D eigenvalue weighted by Crippen LogP contribution is 2.32. The first kappa shape index (κ1) is 20.0. The highest BCUT2D eigenvalue weighted by molar-refractivity contribution is 6.42. The molecule has 0 radical (unpaired) electrons. The lowest BCUT2D eigenvalue weighted by atomic mass is 10.1. The molecule has 0 aliphatic carbocycles. The molecule has 1 aromatic heterocycles. The molecule has 2 aromatic carbocycles. The summed E-state index contributed by atoms with van der Waals surface area (Å²) in [5.74, 6) is -1.15. The van der Waals surface area contributed by atoms with Crippen molar-refractivity contribution in [2.24, 2.45) is 0 Å². The minimum absolute atomic E-state index is 0.288. The van der Waals surface area contributed by atoms with Crippen LogP contribution in [-0.2, 0) is 11.0 Å². The van der Waals surface area contributed by atoms with E-state index in [9.17, 15) is 18.0 Å². The third-order valence-electron chi connectivity index (χ3n) is 3.80. The first-order valence-corrected chi connectivity index (χ1v) is 8.54. The molecule has 0 unspecified atom stereocenters. The van der Waals surface area contributed by atoms with E-state index in [2.05, 4.69) is 5.10 Å². The average Bonchev–Trinajstić information content (AvgIpc) is 3.06. The van der Waals surface area contributed by atoms with Crippen molar-refractivity contribution < 1.29 is 23.1 Å². The molecule has 0 bridgehead atoms. The van der Waals surface area contributed by atoms with Crippen LogP contribution in [0.25, 0.3) is 23.0 Å². The lowest BCUT2D eigenvalue weighted by Gasteiger charge is -2.07. The van der Waals surface area contributed by atoms with E-state index in [4.69, 9.17) is 28.3 Å². The number of aromatic nitrogens is 2. The highest BCUT2D eigenvalue weighted by atomic mass is 35.5. The zero-order valence-corrected chi connectivity index (χ0v) is 15.4. The minimum Gasteiger partial charge on any atom is -0.478 e. The first-order chi connectivity index (χ1) is 13.1. The molecule has 0 amide bonds. The van der Waals surface area contributed by atoms with Crippen molar-refractivity contribution >= 4 is 35.2 Å². The molecule has 0 aliphatic rings. The van der Waals surface area contributed by atoms with Gasteiger partial charge in [-0.2, -0.15) is 18.3 Å². The molecule has 3 rings (SSSR count). The van der Waals surface area contributed by atoms with Crippen molar-refractivity contribution in [2.45, 2.75) is 6.18 Å². The van der Waals surface area contributed by atoms with Crippen LogP contribution in [0.3, 0.4) is 0 Å². The van der Waals surface area contributed by atoms with Crippen LogP contribution in [0.2, 0.25) is 10.0 Å². The normalized spacial score (nSPS) is 11.9. The maximum Gasteiger partial charge on any atom is 0.416 e. The summed E-state index contributed by atoms with van der Waals surface area (Å²) < 4.78 is 39.6. The van der Waals surface area contributed by atoms with Gasteiger partial charge in [0.05, 0.1) is 21.3 Å². The summed E-state index contributed by atoms with van der Waals surface area (Å²) in [7, 11) is 0. The SMILES string of the molecule is O=C(O)/C=C/c1cn(-c2ccc(C(F)(F)F)cc2)nc1-c1ccc(Cl)c(Cl)c1. The monoisotopic (exact) mass is 426 g/mol. The Hall–Kier alpha value is -2.77. The number of carboxylic acid groups (broad SMARTS) is 1. The summed E-state index contributed by atoms with van der Waals surface area (Å²) in [5, 5.41) is 13.9. The molecule has 1 heterocycles. The second kappa shape index (κ2) is 7.69. The van der Waals surface area contributed by atoms with Crippen LogP contribution < -0.4 is 0 Å². The zero-order valence-electron chi connectivity index (χ0n) is 13.9. The number of aliphatic carboxylic acids is 1. The van der Waals surface area contributed by atoms with Crippen LogP contribution in [0.1, 0.15) is 11.1 Å². The van der Waals surface area contributed by atoms with Gasteiger partial charge in [0.1, 0.15) is 5.69 Å². The van der Waals surface area contributed by atoms with Crippen LogP contribution in [-0.4, -0.2) is 20.9 Å². The third-order valence-corrected chi connectivity index (χ3v) is 4.54. The Morgan fingerprint density at radius 3 is 2.32 bits per heavy atom. The van der Waals surface area contributed by atoms with Crippen LogP contribution >= 0.6 is 23.2 Å². The fourth-order valence-electron chi connectivity index (χ4n) is 2.47. The molecule has 0 saturated heterocycles. The van der Waals surface area contributed by atoms with Gasteiger partial charge < -0.3 is 5.11 Å². The minimum atomic E-state index is -4.44. The Morgan fingerprint density at radius 2 is 1.75 bits per heavy atom. The van der Waals surface area contributed by atoms with Crippen molar-refractivity contribution in [3.8, 4) is 16.9 Å². The van der Waals surface area contributed by atoms with Crippen molar-refractivity contribution in [1.82, 2.24) is 9.78 Å². The number of hydrogen-bond donors (Lipinski definition) is 1. The Balaban J connectivity index is 2.08. The second-order valence-electron chi connectivity index (χ2n) is 5.72. The molecule has 4 nitrogen and oxygen atoms in total. The Morgan fingerprint density at radius 1 is 1.07 bits per heavy atom. The largest absolute Gasteiger partial charge is 0.478 e. The van der Waals surface area contributed by atoms with Crippen LogP contribution in [0.15, 0.2) is 54.7 Å². The van der Waals surface area contributed by atoms with Gasteiger partial charge in [-0.3, -0.25) is 0 Å². The van der Waals surface area contributed by atoms with E-state index < -0.39 is 17.7 Å². The number of halogens is 5. The number of benzene rings is 2. The van der Waals surface area contributed by atoms with Crippen LogP contribution in [0.5, 0.6) is 0 Å². The summed E-state index contributed by atoms with van der Waals surface area (Å²) in [4.78, 5) is 10.9.